The Morgan fingerprint density at radius 1 is 1.61 bits per heavy atom. The molecule has 1 aromatic rings. The zero-order chi connectivity index (χ0) is 13.0. The highest BCUT2D eigenvalue weighted by Crippen LogP contribution is 2.27. The number of rotatable bonds is 5. The fraction of sp³-hybridized carbons (Fsp3) is 0.545. The van der Waals surface area contributed by atoms with Gasteiger partial charge in [0, 0.05) is 18.2 Å². The van der Waals surface area contributed by atoms with E-state index >= 15 is 0 Å². The molecule has 1 aromatic heterocycles. The smallest absolute Gasteiger partial charge is 0.331 e. The number of hydrogen-bond acceptors (Lipinski definition) is 6. The molecule has 0 spiro atoms. The lowest BCUT2D eigenvalue weighted by atomic mass is 10.2. The van der Waals surface area contributed by atoms with Crippen LogP contribution < -0.4 is 14.8 Å². The first-order chi connectivity index (χ1) is 8.70. The summed E-state index contributed by atoms with van der Waals surface area (Å²) in [6, 6.07) is 3.01. The Hall–Kier alpha value is -1.89. The van der Waals surface area contributed by atoms with E-state index in [0.29, 0.717) is 12.5 Å². The summed E-state index contributed by atoms with van der Waals surface area (Å²) in [7, 11) is 1.45. The highest BCUT2D eigenvalue weighted by Gasteiger charge is 2.21. The van der Waals surface area contributed by atoms with E-state index in [0.717, 1.165) is 19.4 Å². The number of nitro groups is 1. The quantitative estimate of drug-likeness (QED) is 0.625. The predicted molar refractivity (Wildman–Crippen MR) is 64.0 cm³/mol. The molecule has 18 heavy (non-hydrogen) atoms. The molecule has 0 aromatic carbocycles. The summed E-state index contributed by atoms with van der Waals surface area (Å²) in [6.07, 6.45) is 2.11. The summed E-state index contributed by atoms with van der Waals surface area (Å²) in [5.41, 5.74) is -0.145. The molecule has 0 saturated carbocycles. The van der Waals surface area contributed by atoms with E-state index in [1.165, 1.54) is 19.2 Å². The molecule has 2 heterocycles. The molecule has 0 amide bonds. The minimum absolute atomic E-state index is 0.00745. The largest absolute Gasteiger partial charge is 0.481 e. The lowest BCUT2D eigenvalue weighted by molar-refractivity contribution is -0.386. The van der Waals surface area contributed by atoms with Crippen LogP contribution in [0.1, 0.15) is 12.8 Å². The molecule has 7 heteroatoms. The first-order valence-corrected chi connectivity index (χ1v) is 5.76. The number of pyridine rings is 1. The summed E-state index contributed by atoms with van der Waals surface area (Å²) in [5.74, 6) is 0.308. The van der Waals surface area contributed by atoms with Crippen LogP contribution in [0.3, 0.4) is 0 Å². The van der Waals surface area contributed by atoms with Crippen LogP contribution in [0, 0.1) is 10.1 Å². The van der Waals surface area contributed by atoms with Crippen molar-refractivity contribution < 1.29 is 14.4 Å². The van der Waals surface area contributed by atoms with Crippen LogP contribution in [-0.4, -0.2) is 36.2 Å². The molecule has 1 saturated heterocycles. The summed E-state index contributed by atoms with van der Waals surface area (Å²) < 4.78 is 10.4. The maximum Gasteiger partial charge on any atom is 0.331 e. The van der Waals surface area contributed by atoms with E-state index in [1.54, 1.807) is 0 Å². The van der Waals surface area contributed by atoms with Gasteiger partial charge in [0.05, 0.1) is 12.0 Å². The Morgan fingerprint density at radius 3 is 3.06 bits per heavy atom. The van der Waals surface area contributed by atoms with Crippen molar-refractivity contribution >= 4 is 5.69 Å². The first kappa shape index (κ1) is 12.6. The van der Waals surface area contributed by atoms with Crippen molar-refractivity contribution in [1.82, 2.24) is 10.3 Å². The van der Waals surface area contributed by atoms with Crippen LogP contribution in [0.15, 0.2) is 12.1 Å². The minimum atomic E-state index is -0.510. The first-order valence-electron chi connectivity index (χ1n) is 5.76. The maximum absolute atomic E-state index is 10.8. The van der Waals surface area contributed by atoms with Crippen molar-refractivity contribution in [3.05, 3.63) is 22.2 Å². The molecule has 0 radical (unpaired) electrons. The summed E-state index contributed by atoms with van der Waals surface area (Å²) >= 11 is 0. The number of hydrogen-bond donors (Lipinski definition) is 1. The maximum atomic E-state index is 10.8. The van der Waals surface area contributed by atoms with Crippen molar-refractivity contribution in [2.24, 2.45) is 0 Å². The molecule has 7 nitrogen and oxygen atoms in total. The van der Waals surface area contributed by atoms with E-state index in [2.05, 4.69) is 10.3 Å². The van der Waals surface area contributed by atoms with E-state index in [-0.39, 0.29) is 17.6 Å². The lowest BCUT2D eigenvalue weighted by Gasteiger charge is -2.11. The van der Waals surface area contributed by atoms with Gasteiger partial charge in [0.1, 0.15) is 6.61 Å². The number of nitrogens with one attached hydrogen (secondary N) is 1. The lowest BCUT2D eigenvalue weighted by Crippen LogP contribution is -2.28. The van der Waals surface area contributed by atoms with E-state index in [1.807, 2.05) is 0 Å². The zero-order valence-electron chi connectivity index (χ0n) is 10.1. The number of methoxy groups -OCH3 is 1. The van der Waals surface area contributed by atoms with Gasteiger partial charge in [-0.05, 0) is 19.4 Å². The average molecular weight is 253 g/mol. The van der Waals surface area contributed by atoms with Crippen LogP contribution in [0.4, 0.5) is 5.69 Å². The van der Waals surface area contributed by atoms with Gasteiger partial charge in [-0.2, -0.15) is 4.98 Å². The Labute approximate surface area is 104 Å². The van der Waals surface area contributed by atoms with E-state index in [4.69, 9.17) is 9.47 Å². The topological polar surface area (TPSA) is 86.5 Å². The van der Waals surface area contributed by atoms with Crippen LogP contribution in [0.2, 0.25) is 0 Å². The van der Waals surface area contributed by atoms with E-state index < -0.39 is 4.92 Å². The van der Waals surface area contributed by atoms with Crippen LogP contribution in [0.5, 0.6) is 11.8 Å². The van der Waals surface area contributed by atoms with Gasteiger partial charge in [0.2, 0.25) is 5.88 Å². The van der Waals surface area contributed by atoms with Gasteiger partial charge in [-0.25, -0.2) is 0 Å². The second-order valence-corrected chi connectivity index (χ2v) is 4.04. The van der Waals surface area contributed by atoms with Gasteiger partial charge < -0.3 is 14.8 Å². The predicted octanol–water partition coefficient (Wildman–Crippen LogP) is 1.13. The van der Waals surface area contributed by atoms with Gasteiger partial charge in [0.25, 0.3) is 5.88 Å². The van der Waals surface area contributed by atoms with E-state index in [9.17, 15) is 10.1 Å². The molecule has 2 rings (SSSR count). The minimum Gasteiger partial charge on any atom is -0.481 e. The van der Waals surface area contributed by atoms with Crippen LogP contribution >= 0.6 is 0 Å². The van der Waals surface area contributed by atoms with Crippen LogP contribution in [-0.2, 0) is 0 Å². The third-order valence-corrected chi connectivity index (χ3v) is 2.80. The number of ether oxygens (including phenoxy) is 2. The Balaban J connectivity index is 2.10. The summed E-state index contributed by atoms with van der Waals surface area (Å²) in [5, 5.41) is 14.1. The average Bonchev–Trinajstić information content (AvgIpc) is 2.88. The fourth-order valence-corrected chi connectivity index (χ4v) is 1.85. The molecule has 0 bridgehead atoms. The highest BCUT2D eigenvalue weighted by molar-refractivity contribution is 5.42. The van der Waals surface area contributed by atoms with Crippen LogP contribution in [0.25, 0.3) is 0 Å². The molecule has 1 unspecified atom stereocenters. The third kappa shape index (κ3) is 2.86. The van der Waals surface area contributed by atoms with Crippen molar-refractivity contribution in [3.63, 3.8) is 0 Å². The standard InChI is InChI=1S/C11H15N3O4/c1-17-10-5-4-9(14(15)16)11(13-10)18-7-8-3-2-6-12-8/h4-5,8,12H,2-3,6-7H2,1H3. The van der Waals surface area contributed by atoms with Crippen molar-refractivity contribution in [2.45, 2.75) is 18.9 Å². The van der Waals surface area contributed by atoms with Gasteiger partial charge in [-0.1, -0.05) is 0 Å². The third-order valence-electron chi connectivity index (χ3n) is 2.80. The summed E-state index contributed by atoms with van der Waals surface area (Å²) in [4.78, 5) is 14.3. The van der Waals surface area contributed by atoms with Crippen molar-refractivity contribution in [1.29, 1.82) is 0 Å². The van der Waals surface area contributed by atoms with Gasteiger partial charge >= 0.3 is 5.69 Å². The molecular weight excluding hydrogens is 238 g/mol. The van der Waals surface area contributed by atoms with Gasteiger partial charge in [-0.15, -0.1) is 0 Å². The SMILES string of the molecule is COc1ccc([N+](=O)[O-])c(OCC2CCCN2)n1. The zero-order valence-corrected chi connectivity index (χ0v) is 10.1. The number of nitrogens with zero attached hydrogens (tertiary/aromatic N) is 2. The van der Waals surface area contributed by atoms with Crippen molar-refractivity contribution in [2.75, 3.05) is 20.3 Å². The monoisotopic (exact) mass is 253 g/mol. The molecular formula is C11H15N3O4. The van der Waals surface area contributed by atoms with Crippen molar-refractivity contribution in [3.8, 4) is 11.8 Å². The fourth-order valence-electron chi connectivity index (χ4n) is 1.85. The molecule has 0 aliphatic carbocycles. The van der Waals surface area contributed by atoms with Gasteiger partial charge in [-0.3, -0.25) is 10.1 Å². The number of aromatic nitrogens is 1. The second-order valence-electron chi connectivity index (χ2n) is 4.04. The molecule has 1 aliphatic rings. The normalized spacial score (nSPS) is 18.6. The second kappa shape index (κ2) is 5.63. The van der Waals surface area contributed by atoms with Gasteiger partial charge in [0.15, 0.2) is 0 Å². The molecule has 98 valence electrons. The molecule has 1 N–H and O–H groups in total. The Morgan fingerprint density at radius 2 is 2.44 bits per heavy atom. The Bertz CT molecular complexity index is 432. The molecule has 1 fully saturated rings. The molecule has 1 aliphatic heterocycles. The summed E-state index contributed by atoms with van der Waals surface area (Å²) in [6.45, 7) is 1.34. The Kier molecular flexibility index (Phi) is 3.93. The highest BCUT2D eigenvalue weighted by atomic mass is 16.6. The molecule has 1 atom stereocenters.